The summed E-state index contributed by atoms with van der Waals surface area (Å²) in [7, 11) is 0. The topological polar surface area (TPSA) is 84.7 Å². The zero-order valence-corrected chi connectivity index (χ0v) is 15.2. The molecule has 24 heavy (non-hydrogen) atoms. The van der Waals surface area contributed by atoms with Crippen LogP contribution in [0.3, 0.4) is 0 Å². The number of aryl methyl sites for hydroxylation is 4. The molecule has 2 aromatic rings. The molecule has 1 unspecified atom stereocenters. The van der Waals surface area contributed by atoms with Crippen molar-refractivity contribution in [3.8, 4) is 0 Å². The molecule has 1 aliphatic heterocycles. The van der Waals surface area contributed by atoms with E-state index in [0.717, 1.165) is 54.6 Å². The van der Waals surface area contributed by atoms with Gasteiger partial charge in [0.15, 0.2) is 0 Å². The minimum atomic E-state index is -0.155. The predicted molar refractivity (Wildman–Crippen MR) is 93.2 cm³/mol. The van der Waals surface area contributed by atoms with Gasteiger partial charge in [-0.2, -0.15) is 5.10 Å². The number of urea groups is 1. The van der Waals surface area contributed by atoms with Crippen molar-refractivity contribution in [3.63, 3.8) is 0 Å². The fourth-order valence-electron chi connectivity index (χ4n) is 3.02. The highest BCUT2D eigenvalue weighted by molar-refractivity contribution is 7.11. The van der Waals surface area contributed by atoms with Crippen molar-refractivity contribution in [2.45, 2.75) is 59.0 Å². The molecular weight excluding hydrogens is 324 g/mol. The van der Waals surface area contributed by atoms with E-state index in [1.54, 1.807) is 11.3 Å². The van der Waals surface area contributed by atoms with Crippen LogP contribution in [0.15, 0.2) is 0 Å². The average Bonchev–Trinajstić information content (AvgIpc) is 3.09. The molecule has 1 aliphatic rings. The molecule has 0 radical (unpaired) electrons. The Labute approximate surface area is 145 Å². The van der Waals surface area contributed by atoms with Crippen molar-refractivity contribution < 1.29 is 4.79 Å². The molecule has 8 heteroatoms. The summed E-state index contributed by atoms with van der Waals surface area (Å²) in [5.41, 5.74) is 1.16. The van der Waals surface area contributed by atoms with Gasteiger partial charge in [0.25, 0.3) is 0 Å². The normalized spacial score (nSPS) is 16.7. The molecular formula is C16H24N6OS. The Morgan fingerprint density at radius 2 is 2.21 bits per heavy atom. The highest BCUT2D eigenvalue weighted by Crippen LogP contribution is 2.22. The lowest BCUT2D eigenvalue weighted by molar-refractivity contribution is 0.233. The van der Waals surface area contributed by atoms with Crippen LogP contribution in [0.2, 0.25) is 0 Å². The number of thiazole rings is 1. The third-order valence-corrected chi connectivity index (χ3v) is 5.26. The number of aromatic nitrogens is 4. The van der Waals surface area contributed by atoms with E-state index in [4.69, 9.17) is 0 Å². The summed E-state index contributed by atoms with van der Waals surface area (Å²) >= 11 is 1.72. The van der Waals surface area contributed by atoms with Gasteiger partial charge in [0.05, 0.1) is 16.7 Å². The first kappa shape index (κ1) is 16.9. The van der Waals surface area contributed by atoms with Crippen LogP contribution >= 0.6 is 11.3 Å². The van der Waals surface area contributed by atoms with E-state index in [1.165, 1.54) is 4.88 Å². The van der Waals surface area contributed by atoms with E-state index in [9.17, 15) is 4.79 Å². The number of nitrogens with zero attached hydrogens (tertiary/aromatic N) is 4. The molecule has 0 aliphatic carbocycles. The minimum Gasteiger partial charge on any atom is -0.338 e. The van der Waals surface area contributed by atoms with Gasteiger partial charge in [-0.3, -0.25) is 0 Å². The molecule has 1 atom stereocenters. The standard InChI is InChI=1S/C16H24N6OS/c1-4-12-10(2)24-14(19-12)7-8-17-16(23)20-13-6-5-9-22-15(13)18-11(3)21-22/h13H,4-9H2,1-3H3,(H2,17,20,23). The smallest absolute Gasteiger partial charge is 0.315 e. The predicted octanol–water partition coefficient (Wildman–Crippen LogP) is 2.29. The van der Waals surface area contributed by atoms with Crippen molar-refractivity contribution in [1.29, 1.82) is 0 Å². The lowest BCUT2D eigenvalue weighted by Gasteiger charge is -2.23. The third kappa shape index (κ3) is 3.75. The lowest BCUT2D eigenvalue weighted by Crippen LogP contribution is -2.40. The van der Waals surface area contributed by atoms with Crippen molar-refractivity contribution in [2.24, 2.45) is 0 Å². The first-order chi connectivity index (χ1) is 11.6. The minimum absolute atomic E-state index is 0.0613. The van der Waals surface area contributed by atoms with Gasteiger partial charge in [-0.25, -0.2) is 19.4 Å². The Morgan fingerprint density at radius 3 is 2.96 bits per heavy atom. The quantitative estimate of drug-likeness (QED) is 0.868. The molecule has 0 saturated carbocycles. The van der Waals surface area contributed by atoms with Gasteiger partial charge in [-0.15, -0.1) is 11.3 Å². The number of carbonyl (C=O) groups excluding carboxylic acids is 1. The Morgan fingerprint density at radius 1 is 1.38 bits per heavy atom. The highest BCUT2D eigenvalue weighted by atomic mass is 32.1. The molecule has 2 aromatic heterocycles. The van der Waals surface area contributed by atoms with Crippen LogP contribution in [0.1, 0.15) is 53.0 Å². The van der Waals surface area contributed by atoms with Crippen LogP contribution in [0.25, 0.3) is 0 Å². The second kappa shape index (κ2) is 7.29. The molecule has 0 saturated heterocycles. The van der Waals surface area contributed by atoms with Crippen LogP contribution in [0, 0.1) is 13.8 Å². The molecule has 7 nitrogen and oxygen atoms in total. The number of amides is 2. The summed E-state index contributed by atoms with van der Waals surface area (Å²) in [4.78, 5) is 22.5. The Bertz CT molecular complexity index is 722. The van der Waals surface area contributed by atoms with Crippen LogP contribution in [0.5, 0.6) is 0 Å². The maximum Gasteiger partial charge on any atom is 0.315 e. The summed E-state index contributed by atoms with van der Waals surface area (Å²) in [5.74, 6) is 1.61. The van der Waals surface area contributed by atoms with E-state index in [1.807, 2.05) is 11.6 Å². The van der Waals surface area contributed by atoms with E-state index >= 15 is 0 Å². The fourth-order valence-corrected chi connectivity index (χ4v) is 4.04. The van der Waals surface area contributed by atoms with Crippen molar-refractivity contribution in [3.05, 3.63) is 27.2 Å². The van der Waals surface area contributed by atoms with Crippen LogP contribution < -0.4 is 10.6 Å². The second-order valence-electron chi connectivity index (χ2n) is 6.05. The highest BCUT2D eigenvalue weighted by Gasteiger charge is 2.24. The number of fused-ring (bicyclic) bond motifs is 1. The Kier molecular flexibility index (Phi) is 5.13. The van der Waals surface area contributed by atoms with Crippen molar-refractivity contribution in [1.82, 2.24) is 30.4 Å². The number of hydrogen-bond acceptors (Lipinski definition) is 5. The van der Waals surface area contributed by atoms with Crippen molar-refractivity contribution >= 4 is 17.4 Å². The lowest BCUT2D eigenvalue weighted by atomic mass is 10.1. The van der Waals surface area contributed by atoms with Crippen LogP contribution in [-0.2, 0) is 19.4 Å². The molecule has 2 amide bonds. The number of carbonyl (C=O) groups is 1. The first-order valence-corrected chi connectivity index (χ1v) is 9.29. The Balaban J connectivity index is 1.49. The van der Waals surface area contributed by atoms with Gasteiger partial charge >= 0.3 is 6.03 Å². The monoisotopic (exact) mass is 348 g/mol. The summed E-state index contributed by atoms with van der Waals surface area (Å²) in [6.45, 7) is 7.55. The van der Waals surface area contributed by atoms with E-state index in [0.29, 0.717) is 6.54 Å². The van der Waals surface area contributed by atoms with Gasteiger partial charge in [-0.05, 0) is 33.1 Å². The molecule has 2 N–H and O–H groups in total. The largest absolute Gasteiger partial charge is 0.338 e. The fraction of sp³-hybridized carbons (Fsp3) is 0.625. The summed E-state index contributed by atoms with van der Waals surface area (Å²) in [6, 6.07) is -0.216. The molecule has 0 fully saturated rings. The zero-order valence-electron chi connectivity index (χ0n) is 14.4. The molecule has 3 rings (SSSR count). The Hall–Kier alpha value is -1.96. The van der Waals surface area contributed by atoms with Gasteiger partial charge in [0.1, 0.15) is 11.6 Å². The summed E-state index contributed by atoms with van der Waals surface area (Å²) < 4.78 is 1.90. The maximum atomic E-state index is 12.1. The third-order valence-electron chi connectivity index (χ3n) is 4.18. The molecule has 0 spiro atoms. The van der Waals surface area contributed by atoms with Gasteiger partial charge in [0.2, 0.25) is 0 Å². The van der Waals surface area contributed by atoms with Gasteiger partial charge in [-0.1, -0.05) is 6.92 Å². The number of nitrogens with one attached hydrogen (secondary N) is 2. The maximum absolute atomic E-state index is 12.1. The number of hydrogen-bond donors (Lipinski definition) is 2. The van der Waals surface area contributed by atoms with Gasteiger partial charge in [0, 0.05) is 24.4 Å². The van der Waals surface area contributed by atoms with E-state index in [2.05, 4.69) is 39.5 Å². The molecule has 0 aromatic carbocycles. The number of rotatable bonds is 5. The van der Waals surface area contributed by atoms with Gasteiger partial charge < -0.3 is 10.6 Å². The van der Waals surface area contributed by atoms with E-state index < -0.39 is 0 Å². The van der Waals surface area contributed by atoms with Crippen molar-refractivity contribution in [2.75, 3.05) is 6.54 Å². The second-order valence-corrected chi connectivity index (χ2v) is 7.34. The zero-order chi connectivity index (χ0) is 17.1. The summed E-state index contributed by atoms with van der Waals surface area (Å²) in [5, 5.41) is 11.4. The first-order valence-electron chi connectivity index (χ1n) is 8.47. The molecule has 0 bridgehead atoms. The molecule has 130 valence electrons. The van der Waals surface area contributed by atoms with Crippen LogP contribution in [0.4, 0.5) is 4.79 Å². The average molecular weight is 348 g/mol. The van der Waals surface area contributed by atoms with Crippen LogP contribution in [-0.4, -0.2) is 32.3 Å². The summed E-state index contributed by atoms with van der Waals surface area (Å²) in [6.07, 6.45) is 3.62. The van der Waals surface area contributed by atoms with E-state index in [-0.39, 0.29) is 12.1 Å². The molecule has 3 heterocycles. The SMILES string of the molecule is CCc1nc(CCNC(=O)NC2CCCn3nc(C)nc32)sc1C.